The second kappa shape index (κ2) is 7.33. The summed E-state index contributed by atoms with van der Waals surface area (Å²) in [7, 11) is 0. The summed E-state index contributed by atoms with van der Waals surface area (Å²) in [6.07, 6.45) is 5.28. The van der Waals surface area contributed by atoms with Crippen LogP contribution in [0.15, 0.2) is 18.2 Å². The van der Waals surface area contributed by atoms with E-state index in [2.05, 4.69) is 17.2 Å². The zero-order chi connectivity index (χ0) is 14.4. The van der Waals surface area contributed by atoms with E-state index in [-0.39, 0.29) is 12.5 Å². The third kappa shape index (κ3) is 4.26. The first kappa shape index (κ1) is 14.9. The molecule has 4 heteroatoms. The van der Waals surface area contributed by atoms with Crippen molar-refractivity contribution in [1.29, 1.82) is 0 Å². The molecular weight excluding hydrogens is 274 g/mol. The van der Waals surface area contributed by atoms with Crippen molar-refractivity contribution in [3.8, 4) is 11.8 Å². The first-order valence-corrected chi connectivity index (χ1v) is 7.26. The molecule has 20 heavy (non-hydrogen) atoms. The highest BCUT2D eigenvalue weighted by atomic mass is 35.5. The van der Waals surface area contributed by atoms with Crippen LogP contribution in [0.4, 0.5) is 5.69 Å². The number of carbonyl (C=O) groups is 1. The van der Waals surface area contributed by atoms with Gasteiger partial charge in [0.1, 0.15) is 6.61 Å². The van der Waals surface area contributed by atoms with E-state index in [1.165, 1.54) is 12.8 Å². The van der Waals surface area contributed by atoms with E-state index in [1.54, 1.807) is 18.2 Å². The summed E-state index contributed by atoms with van der Waals surface area (Å²) in [5.41, 5.74) is 1.28. The first-order chi connectivity index (χ1) is 9.69. The number of benzene rings is 1. The predicted molar refractivity (Wildman–Crippen MR) is 80.6 cm³/mol. The Hall–Kier alpha value is -1.50. The Morgan fingerprint density at radius 3 is 2.85 bits per heavy atom. The second-order valence-corrected chi connectivity index (χ2v) is 5.49. The number of amides is 1. The molecule has 0 bridgehead atoms. The molecule has 1 fully saturated rings. The Bertz CT molecular complexity index is 539. The summed E-state index contributed by atoms with van der Waals surface area (Å²) >= 11 is 5.96. The zero-order valence-corrected chi connectivity index (χ0v) is 12.0. The third-order valence-corrected chi connectivity index (χ3v) is 3.74. The van der Waals surface area contributed by atoms with Gasteiger partial charge in [-0.1, -0.05) is 36.3 Å². The van der Waals surface area contributed by atoms with Crippen LogP contribution in [0.25, 0.3) is 0 Å². The molecule has 1 amide bonds. The highest BCUT2D eigenvalue weighted by Gasteiger charge is 2.18. The number of anilines is 1. The van der Waals surface area contributed by atoms with Crippen molar-refractivity contribution in [2.24, 2.45) is 5.92 Å². The Kier molecular flexibility index (Phi) is 5.46. The minimum Gasteiger partial charge on any atom is -0.384 e. The molecule has 0 aromatic heterocycles. The number of halogens is 1. The molecule has 1 aromatic carbocycles. The van der Waals surface area contributed by atoms with Crippen LogP contribution in [0.2, 0.25) is 5.02 Å². The van der Waals surface area contributed by atoms with Crippen LogP contribution < -0.4 is 5.32 Å². The van der Waals surface area contributed by atoms with Crippen molar-refractivity contribution in [3.63, 3.8) is 0 Å². The van der Waals surface area contributed by atoms with Crippen LogP contribution >= 0.6 is 11.6 Å². The molecule has 0 radical (unpaired) electrons. The number of aliphatic hydroxyl groups is 1. The van der Waals surface area contributed by atoms with Crippen molar-refractivity contribution in [1.82, 2.24) is 0 Å². The number of hydrogen-bond acceptors (Lipinski definition) is 2. The summed E-state index contributed by atoms with van der Waals surface area (Å²) in [5.74, 6) is 5.90. The average Bonchev–Trinajstić information content (AvgIpc) is 2.90. The van der Waals surface area contributed by atoms with Crippen molar-refractivity contribution in [3.05, 3.63) is 28.8 Å². The predicted octanol–water partition coefficient (Wildman–Crippen LogP) is 3.20. The number of aliphatic hydroxyl groups excluding tert-OH is 1. The Labute approximate surface area is 124 Å². The van der Waals surface area contributed by atoms with Gasteiger partial charge >= 0.3 is 0 Å². The summed E-state index contributed by atoms with van der Waals surface area (Å²) in [5, 5.41) is 12.2. The molecule has 2 N–H and O–H groups in total. The van der Waals surface area contributed by atoms with E-state index in [0.717, 1.165) is 12.8 Å². The highest BCUT2D eigenvalue weighted by Crippen LogP contribution is 2.28. The molecule has 0 heterocycles. The van der Waals surface area contributed by atoms with Gasteiger partial charge in [-0.25, -0.2) is 0 Å². The molecule has 106 valence electrons. The van der Waals surface area contributed by atoms with E-state index in [4.69, 9.17) is 16.7 Å². The molecule has 0 unspecified atom stereocenters. The highest BCUT2D eigenvalue weighted by molar-refractivity contribution is 6.31. The normalized spacial score (nSPS) is 14.7. The summed E-state index contributed by atoms with van der Waals surface area (Å²) in [6, 6.07) is 5.15. The van der Waals surface area contributed by atoms with Crippen molar-refractivity contribution in [2.45, 2.75) is 32.1 Å². The molecule has 2 rings (SSSR count). The van der Waals surface area contributed by atoms with Gasteiger partial charge in [-0.15, -0.1) is 0 Å². The number of carbonyl (C=O) groups excluding carboxylic acids is 1. The standard InChI is InChI=1S/C16H18ClNO2/c17-14-8-7-13(6-3-9-19)15(11-14)18-16(20)10-12-4-1-2-5-12/h7-8,11-12,19H,1-2,4-5,9-10H2,(H,18,20). The van der Waals surface area contributed by atoms with Crippen LogP contribution in [0.3, 0.4) is 0 Å². The van der Waals surface area contributed by atoms with Crippen LogP contribution in [0.5, 0.6) is 0 Å². The first-order valence-electron chi connectivity index (χ1n) is 6.88. The molecule has 0 aliphatic heterocycles. The lowest BCUT2D eigenvalue weighted by Crippen LogP contribution is -2.15. The Morgan fingerprint density at radius 1 is 1.40 bits per heavy atom. The van der Waals surface area contributed by atoms with Gasteiger partial charge in [-0.2, -0.15) is 0 Å². The fourth-order valence-electron chi connectivity index (χ4n) is 2.54. The topological polar surface area (TPSA) is 49.3 Å². The Morgan fingerprint density at radius 2 is 2.15 bits per heavy atom. The fraction of sp³-hybridized carbons (Fsp3) is 0.438. The maximum absolute atomic E-state index is 12.1. The van der Waals surface area contributed by atoms with E-state index in [9.17, 15) is 4.79 Å². The lowest BCUT2D eigenvalue weighted by Gasteiger charge is -2.11. The molecule has 1 aliphatic carbocycles. The van der Waals surface area contributed by atoms with Gasteiger partial charge in [0, 0.05) is 17.0 Å². The van der Waals surface area contributed by atoms with Crippen LogP contribution in [0, 0.1) is 17.8 Å². The van der Waals surface area contributed by atoms with E-state index >= 15 is 0 Å². The lowest BCUT2D eigenvalue weighted by molar-refractivity contribution is -0.117. The van der Waals surface area contributed by atoms with Crippen molar-refractivity contribution >= 4 is 23.2 Å². The summed E-state index contributed by atoms with van der Waals surface area (Å²) in [6.45, 7) is -0.210. The Balaban J connectivity index is 2.06. The SMILES string of the molecule is O=C(CC1CCCC1)Nc1cc(Cl)ccc1C#CCO. The zero-order valence-electron chi connectivity index (χ0n) is 11.3. The molecule has 1 aromatic rings. The van der Waals surface area contributed by atoms with Gasteiger partial charge in [-0.3, -0.25) is 4.79 Å². The molecule has 0 atom stereocenters. The summed E-state index contributed by atoms with van der Waals surface area (Å²) < 4.78 is 0. The van der Waals surface area contributed by atoms with Crippen molar-refractivity contribution in [2.75, 3.05) is 11.9 Å². The minimum absolute atomic E-state index is 0.00575. The average molecular weight is 292 g/mol. The maximum atomic E-state index is 12.1. The van der Waals surface area contributed by atoms with Gasteiger partial charge in [-0.05, 0) is 37.0 Å². The number of hydrogen-bond donors (Lipinski definition) is 2. The van der Waals surface area contributed by atoms with Gasteiger partial charge in [0.2, 0.25) is 5.91 Å². The largest absolute Gasteiger partial charge is 0.384 e. The smallest absolute Gasteiger partial charge is 0.224 e. The minimum atomic E-state index is -0.210. The van der Waals surface area contributed by atoms with Gasteiger partial charge in [0.05, 0.1) is 5.69 Å². The van der Waals surface area contributed by atoms with Gasteiger partial charge in [0.25, 0.3) is 0 Å². The van der Waals surface area contributed by atoms with Gasteiger partial charge in [0.15, 0.2) is 0 Å². The number of nitrogens with one attached hydrogen (secondary N) is 1. The lowest BCUT2D eigenvalue weighted by atomic mass is 10.0. The third-order valence-electron chi connectivity index (χ3n) is 3.51. The van der Waals surface area contributed by atoms with Crippen molar-refractivity contribution < 1.29 is 9.90 Å². The van der Waals surface area contributed by atoms with E-state index < -0.39 is 0 Å². The number of rotatable bonds is 3. The molecule has 0 spiro atoms. The van der Waals surface area contributed by atoms with Crippen LogP contribution in [-0.4, -0.2) is 17.6 Å². The summed E-state index contributed by atoms with van der Waals surface area (Å²) in [4.78, 5) is 12.1. The van der Waals surface area contributed by atoms with Crippen LogP contribution in [0.1, 0.15) is 37.7 Å². The van der Waals surface area contributed by atoms with Gasteiger partial charge < -0.3 is 10.4 Å². The molecule has 1 saturated carbocycles. The van der Waals surface area contributed by atoms with E-state index in [0.29, 0.717) is 28.6 Å². The quantitative estimate of drug-likeness (QED) is 0.840. The molecule has 1 aliphatic rings. The monoisotopic (exact) mass is 291 g/mol. The molecule has 0 saturated heterocycles. The maximum Gasteiger partial charge on any atom is 0.224 e. The van der Waals surface area contributed by atoms with E-state index in [1.807, 2.05) is 0 Å². The second-order valence-electron chi connectivity index (χ2n) is 5.05. The van der Waals surface area contributed by atoms with Crippen LogP contribution in [-0.2, 0) is 4.79 Å². The fourth-order valence-corrected chi connectivity index (χ4v) is 2.71. The molecular formula is C16H18ClNO2. The molecule has 3 nitrogen and oxygen atoms in total.